The third-order valence-electron chi connectivity index (χ3n) is 5.97. The summed E-state index contributed by atoms with van der Waals surface area (Å²) in [6.07, 6.45) is 3.34. The normalized spacial score (nSPS) is 15.0. The number of urea groups is 1. The number of aryl methyl sites for hydroxylation is 1. The van der Waals surface area contributed by atoms with Crippen LogP contribution in [0.2, 0.25) is 0 Å². The van der Waals surface area contributed by atoms with Crippen molar-refractivity contribution in [3.63, 3.8) is 0 Å². The van der Waals surface area contributed by atoms with Gasteiger partial charge in [0, 0.05) is 43.4 Å². The molecular weight excluding hydrogens is 467 g/mol. The summed E-state index contributed by atoms with van der Waals surface area (Å²) in [6, 6.07) is 7.81. The smallest absolute Gasteiger partial charge is 0.412 e. The molecule has 0 radical (unpaired) electrons. The van der Waals surface area contributed by atoms with Crippen LogP contribution in [0.25, 0.3) is 22.4 Å². The maximum atomic E-state index is 14.8. The molecule has 1 aromatic carbocycles. The molecule has 2 aromatic heterocycles. The van der Waals surface area contributed by atoms with Gasteiger partial charge < -0.3 is 19.7 Å². The van der Waals surface area contributed by atoms with Crippen molar-refractivity contribution < 1.29 is 23.5 Å². The molecule has 11 heteroatoms. The highest BCUT2D eigenvalue weighted by Crippen LogP contribution is 2.31. The highest BCUT2D eigenvalue weighted by molar-refractivity contribution is 5.91. The fraction of sp³-hybridized carbons (Fsp3) is 0.320. The van der Waals surface area contributed by atoms with E-state index in [4.69, 9.17) is 4.74 Å². The third-order valence-corrected chi connectivity index (χ3v) is 5.97. The monoisotopic (exact) mass is 494 g/mol. The van der Waals surface area contributed by atoms with Crippen molar-refractivity contribution in [3.8, 4) is 22.4 Å². The fourth-order valence-electron chi connectivity index (χ4n) is 4.12. The largest absolute Gasteiger partial charge is 0.453 e. The Bertz CT molecular complexity index is 1270. The van der Waals surface area contributed by atoms with Gasteiger partial charge in [-0.1, -0.05) is 0 Å². The zero-order valence-corrected chi connectivity index (χ0v) is 20.2. The van der Waals surface area contributed by atoms with Crippen LogP contribution in [0, 0.1) is 18.7 Å². The first-order valence-electron chi connectivity index (χ1n) is 11.4. The van der Waals surface area contributed by atoms with Crippen LogP contribution in [-0.4, -0.2) is 66.1 Å². The molecule has 1 saturated heterocycles. The molecule has 0 unspecified atom stereocenters. The highest BCUT2D eigenvalue weighted by atomic mass is 19.1. The molecule has 3 amide bonds. The molecule has 4 rings (SSSR count). The quantitative estimate of drug-likeness (QED) is 0.524. The minimum atomic E-state index is -0.632. The number of amides is 3. The second-order valence-electron chi connectivity index (χ2n) is 8.51. The molecule has 2 N–H and O–H groups in total. The predicted octanol–water partition coefficient (Wildman–Crippen LogP) is 4.33. The molecule has 0 spiro atoms. The van der Waals surface area contributed by atoms with Gasteiger partial charge in [-0.05, 0) is 54.8 Å². The summed E-state index contributed by atoms with van der Waals surface area (Å²) in [5, 5.41) is 13.5. The van der Waals surface area contributed by atoms with Crippen molar-refractivity contribution in [3.05, 3.63) is 54.1 Å². The lowest BCUT2D eigenvalue weighted by Crippen LogP contribution is -2.33. The first-order chi connectivity index (χ1) is 17.4. The Morgan fingerprint density at radius 3 is 2.78 bits per heavy atom. The van der Waals surface area contributed by atoms with E-state index in [9.17, 15) is 14.0 Å². The van der Waals surface area contributed by atoms with E-state index in [1.165, 1.54) is 13.2 Å². The van der Waals surface area contributed by atoms with Gasteiger partial charge in [-0.15, -0.1) is 0 Å². The van der Waals surface area contributed by atoms with E-state index < -0.39 is 11.9 Å². The molecule has 10 nitrogen and oxygen atoms in total. The van der Waals surface area contributed by atoms with Gasteiger partial charge in [0.2, 0.25) is 0 Å². The second kappa shape index (κ2) is 11.1. The predicted molar refractivity (Wildman–Crippen MR) is 132 cm³/mol. The minimum Gasteiger partial charge on any atom is -0.453 e. The average Bonchev–Trinajstić information content (AvgIpc) is 3.35. The van der Waals surface area contributed by atoms with Crippen LogP contribution in [0.4, 0.5) is 25.5 Å². The number of aromatic nitrogens is 3. The highest BCUT2D eigenvalue weighted by Gasteiger charge is 2.27. The molecule has 1 atom stereocenters. The van der Waals surface area contributed by atoms with Crippen LogP contribution in [0.3, 0.4) is 0 Å². The summed E-state index contributed by atoms with van der Waals surface area (Å²) in [5.74, 6) is 0.0537. The first-order valence-corrected chi connectivity index (χ1v) is 11.4. The van der Waals surface area contributed by atoms with Crippen LogP contribution < -0.4 is 10.6 Å². The number of carbonyl (C=O) groups excluding carboxylic acids is 2. The van der Waals surface area contributed by atoms with Gasteiger partial charge in [0.15, 0.2) is 0 Å². The summed E-state index contributed by atoms with van der Waals surface area (Å²) in [6.45, 7) is 3.50. The molecule has 1 fully saturated rings. The number of nitrogens with zero attached hydrogens (tertiary/aromatic N) is 4. The minimum absolute atomic E-state index is 0.0662. The second-order valence-corrected chi connectivity index (χ2v) is 8.51. The summed E-state index contributed by atoms with van der Waals surface area (Å²) >= 11 is 0. The van der Waals surface area contributed by atoms with E-state index >= 15 is 0 Å². The lowest BCUT2D eigenvalue weighted by Gasteiger charge is -2.18. The Morgan fingerprint density at radius 2 is 2.00 bits per heavy atom. The lowest BCUT2D eigenvalue weighted by molar-refractivity contribution is 0.154. The van der Waals surface area contributed by atoms with Crippen molar-refractivity contribution >= 4 is 23.6 Å². The molecule has 1 aliphatic heterocycles. The molecule has 1 aliphatic rings. The lowest BCUT2D eigenvalue weighted by atomic mass is 10.0. The van der Waals surface area contributed by atoms with E-state index in [2.05, 4.69) is 30.6 Å². The van der Waals surface area contributed by atoms with Gasteiger partial charge in [0.1, 0.15) is 11.6 Å². The number of halogens is 1. The van der Waals surface area contributed by atoms with Crippen LogP contribution in [-0.2, 0) is 9.47 Å². The Morgan fingerprint density at radius 1 is 1.17 bits per heavy atom. The van der Waals surface area contributed by atoms with Crippen molar-refractivity contribution in [1.82, 2.24) is 20.1 Å². The van der Waals surface area contributed by atoms with Crippen LogP contribution in [0.15, 0.2) is 42.7 Å². The molecule has 3 heterocycles. The Kier molecular flexibility index (Phi) is 7.69. The Labute approximate surface area is 207 Å². The summed E-state index contributed by atoms with van der Waals surface area (Å²) in [5.41, 5.74) is 3.28. The van der Waals surface area contributed by atoms with Crippen LogP contribution in [0.5, 0.6) is 0 Å². The van der Waals surface area contributed by atoms with Gasteiger partial charge in [-0.2, -0.15) is 10.2 Å². The Hall–Kier alpha value is -4.12. The van der Waals surface area contributed by atoms with E-state index in [1.807, 2.05) is 0 Å². The van der Waals surface area contributed by atoms with Gasteiger partial charge in [-0.25, -0.2) is 19.0 Å². The van der Waals surface area contributed by atoms with E-state index in [-0.39, 0.29) is 17.6 Å². The van der Waals surface area contributed by atoms with Gasteiger partial charge in [0.25, 0.3) is 0 Å². The number of carbonyl (C=O) groups is 2. The molecule has 0 saturated carbocycles. The first kappa shape index (κ1) is 25.0. The SMILES string of the molecule is COC[C@@H]1CCN(C(=O)Nc2cc(-c3cc(-c4ccnc(NC(=O)OC)c4)cnn3)c(C)cc2F)C1. The standard InChI is InChI=1S/C25H27FN6O4/c1-15-8-20(26)22(29-24(33)32-7-5-16(13-32)14-35-2)11-19(15)21-9-18(12-28-31-21)17-4-6-27-23(10-17)30-25(34)36-3/h4,6,8-12,16H,5,7,13-14H2,1-3H3,(H,29,33)(H,27,30,34)/t16-/m1/s1. The van der Waals surface area contributed by atoms with E-state index in [0.29, 0.717) is 47.9 Å². The van der Waals surface area contributed by atoms with Crippen LogP contribution in [0.1, 0.15) is 12.0 Å². The van der Waals surface area contributed by atoms with Gasteiger partial charge in [-0.3, -0.25) is 5.32 Å². The summed E-state index contributed by atoms with van der Waals surface area (Å²) in [7, 11) is 2.90. The molecule has 0 bridgehead atoms. The molecule has 0 aliphatic carbocycles. The number of pyridine rings is 1. The topological polar surface area (TPSA) is 119 Å². The van der Waals surface area contributed by atoms with Crippen molar-refractivity contribution in [1.29, 1.82) is 0 Å². The number of hydrogen-bond acceptors (Lipinski definition) is 7. The third kappa shape index (κ3) is 5.74. The zero-order chi connectivity index (χ0) is 25.7. The number of rotatable bonds is 6. The number of benzene rings is 1. The number of methoxy groups -OCH3 is 2. The zero-order valence-electron chi connectivity index (χ0n) is 20.2. The number of hydrogen-bond donors (Lipinski definition) is 2. The number of ether oxygens (including phenoxy) is 2. The maximum absolute atomic E-state index is 14.8. The van der Waals surface area contributed by atoms with Gasteiger partial charge >= 0.3 is 12.1 Å². The number of anilines is 2. The molecular formula is C25H27FN6O4. The fourth-order valence-corrected chi connectivity index (χ4v) is 4.12. The van der Waals surface area contributed by atoms with Crippen LogP contribution >= 0.6 is 0 Å². The van der Waals surface area contributed by atoms with Gasteiger partial charge in [0.05, 0.1) is 31.3 Å². The summed E-state index contributed by atoms with van der Waals surface area (Å²) < 4.78 is 24.6. The van der Waals surface area contributed by atoms with Crippen molar-refractivity contribution in [2.45, 2.75) is 13.3 Å². The summed E-state index contributed by atoms with van der Waals surface area (Å²) in [4.78, 5) is 30.0. The average molecular weight is 495 g/mol. The number of likely N-dealkylation sites (tertiary alicyclic amines) is 1. The Balaban J connectivity index is 1.58. The maximum Gasteiger partial charge on any atom is 0.412 e. The van der Waals surface area contributed by atoms with E-state index in [1.54, 1.807) is 55.6 Å². The molecule has 36 heavy (non-hydrogen) atoms. The number of nitrogens with one attached hydrogen (secondary N) is 2. The van der Waals surface area contributed by atoms with Crippen molar-refractivity contribution in [2.24, 2.45) is 5.92 Å². The van der Waals surface area contributed by atoms with Crippen molar-refractivity contribution in [2.75, 3.05) is 44.5 Å². The van der Waals surface area contributed by atoms with E-state index in [0.717, 1.165) is 12.0 Å². The molecule has 188 valence electrons. The molecule has 3 aromatic rings.